The summed E-state index contributed by atoms with van der Waals surface area (Å²) in [6, 6.07) is 7.13. The lowest BCUT2D eigenvalue weighted by molar-refractivity contribution is 1.28. The van der Waals surface area contributed by atoms with E-state index in [1.54, 1.807) is 18.3 Å². The maximum atomic E-state index is 11.2. The molecular formula is C9H9ClN2O. The molecule has 0 radical (unpaired) electrons. The molecule has 2 aromatic rings. The van der Waals surface area contributed by atoms with Gasteiger partial charge in [0.2, 0.25) is 0 Å². The van der Waals surface area contributed by atoms with Gasteiger partial charge in [0.1, 0.15) is 0 Å². The molecule has 3 N–H and O–H groups in total. The van der Waals surface area contributed by atoms with Gasteiger partial charge in [0.05, 0.1) is 0 Å². The minimum absolute atomic E-state index is 0. The van der Waals surface area contributed by atoms with Crippen molar-refractivity contribution < 1.29 is 0 Å². The van der Waals surface area contributed by atoms with Crippen molar-refractivity contribution in [2.75, 3.05) is 5.73 Å². The minimum atomic E-state index is -0.0974. The molecule has 1 heterocycles. The number of fused-ring (bicyclic) bond motifs is 1. The Kier molecular flexibility index (Phi) is 2.58. The first-order valence-corrected chi connectivity index (χ1v) is 3.64. The van der Waals surface area contributed by atoms with Gasteiger partial charge in [-0.15, -0.1) is 12.4 Å². The molecule has 0 aliphatic heterocycles. The van der Waals surface area contributed by atoms with Crippen LogP contribution in [0.2, 0.25) is 0 Å². The second-order valence-corrected chi connectivity index (χ2v) is 2.65. The van der Waals surface area contributed by atoms with Crippen LogP contribution in [0.15, 0.2) is 35.3 Å². The molecular weight excluding hydrogens is 188 g/mol. The Morgan fingerprint density at radius 1 is 1.23 bits per heavy atom. The zero-order valence-corrected chi connectivity index (χ0v) is 7.60. The zero-order valence-electron chi connectivity index (χ0n) is 6.78. The van der Waals surface area contributed by atoms with Gasteiger partial charge in [-0.2, -0.15) is 0 Å². The average Bonchev–Trinajstić information content (AvgIpc) is 2.07. The summed E-state index contributed by atoms with van der Waals surface area (Å²) in [6.07, 6.45) is 1.63. The molecule has 0 aliphatic rings. The molecule has 0 spiro atoms. The molecule has 0 bridgehead atoms. The third-order valence-electron chi connectivity index (χ3n) is 1.80. The highest BCUT2D eigenvalue weighted by Gasteiger charge is 1.96. The Balaban J connectivity index is 0.000000845. The maximum absolute atomic E-state index is 11.2. The second-order valence-electron chi connectivity index (χ2n) is 2.65. The largest absolute Gasteiger partial charge is 0.399 e. The van der Waals surface area contributed by atoms with E-state index in [4.69, 9.17) is 5.73 Å². The number of benzene rings is 1. The Morgan fingerprint density at radius 3 is 2.77 bits per heavy atom. The number of nitrogen functional groups attached to an aromatic ring is 1. The number of nitrogens with one attached hydrogen (secondary N) is 1. The summed E-state index contributed by atoms with van der Waals surface area (Å²) < 4.78 is 0. The van der Waals surface area contributed by atoms with Crippen molar-refractivity contribution in [2.45, 2.75) is 0 Å². The zero-order chi connectivity index (χ0) is 8.55. The van der Waals surface area contributed by atoms with E-state index >= 15 is 0 Å². The molecule has 2 rings (SSSR count). The lowest BCUT2D eigenvalue weighted by Crippen LogP contribution is -2.04. The van der Waals surface area contributed by atoms with Crippen molar-refractivity contribution in [2.24, 2.45) is 0 Å². The fourth-order valence-electron chi connectivity index (χ4n) is 1.20. The van der Waals surface area contributed by atoms with E-state index in [-0.39, 0.29) is 18.0 Å². The fourth-order valence-corrected chi connectivity index (χ4v) is 1.20. The number of nitrogens with two attached hydrogens (primary N) is 1. The topological polar surface area (TPSA) is 58.9 Å². The Morgan fingerprint density at radius 2 is 2.00 bits per heavy atom. The highest BCUT2D eigenvalue weighted by atomic mass is 35.5. The third kappa shape index (κ3) is 1.65. The normalized spacial score (nSPS) is 9.54. The average molecular weight is 197 g/mol. The van der Waals surface area contributed by atoms with E-state index in [0.29, 0.717) is 11.1 Å². The van der Waals surface area contributed by atoms with Crippen LogP contribution in [0.3, 0.4) is 0 Å². The van der Waals surface area contributed by atoms with Gasteiger partial charge in [0, 0.05) is 17.3 Å². The van der Waals surface area contributed by atoms with Gasteiger partial charge in [0.15, 0.2) is 0 Å². The number of hydrogen-bond donors (Lipinski definition) is 2. The fraction of sp³-hybridized carbons (Fsp3) is 0. The first-order chi connectivity index (χ1) is 5.77. The number of halogens is 1. The molecule has 0 saturated heterocycles. The molecule has 0 fully saturated rings. The predicted octanol–water partition coefficient (Wildman–Crippen LogP) is 1.53. The number of aromatic amines is 1. The SMILES string of the molecule is Cl.Nc1ccc2cc[nH]c(=O)c2c1. The molecule has 0 aliphatic carbocycles. The van der Waals surface area contributed by atoms with Crippen molar-refractivity contribution in [3.63, 3.8) is 0 Å². The van der Waals surface area contributed by atoms with Crippen LogP contribution >= 0.6 is 12.4 Å². The van der Waals surface area contributed by atoms with Crippen LogP contribution in [0.25, 0.3) is 10.8 Å². The van der Waals surface area contributed by atoms with Crippen molar-refractivity contribution in [1.82, 2.24) is 4.98 Å². The lowest BCUT2D eigenvalue weighted by Gasteiger charge is -1.96. The highest BCUT2D eigenvalue weighted by Crippen LogP contribution is 2.11. The Labute approximate surface area is 81.0 Å². The molecule has 0 atom stereocenters. The lowest BCUT2D eigenvalue weighted by atomic mass is 10.1. The van der Waals surface area contributed by atoms with Crippen molar-refractivity contribution >= 4 is 28.9 Å². The molecule has 0 saturated carbocycles. The Hall–Kier alpha value is -1.48. The van der Waals surface area contributed by atoms with Crippen LogP contribution in [0.5, 0.6) is 0 Å². The molecule has 0 amide bonds. The van der Waals surface area contributed by atoms with Gasteiger partial charge in [0.25, 0.3) is 5.56 Å². The van der Waals surface area contributed by atoms with Gasteiger partial charge in [-0.25, -0.2) is 0 Å². The summed E-state index contributed by atoms with van der Waals surface area (Å²) in [4.78, 5) is 13.8. The summed E-state index contributed by atoms with van der Waals surface area (Å²) in [7, 11) is 0. The van der Waals surface area contributed by atoms with E-state index in [0.717, 1.165) is 5.39 Å². The first kappa shape index (κ1) is 9.61. The maximum Gasteiger partial charge on any atom is 0.255 e. The van der Waals surface area contributed by atoms with Crippen molar-refractivity contribution in [1.29, 1.82) is 0 Å². The van der Waals surface area contributed by atoms with Crippen LogP contribution in [0.1, 0.15) is 0 Å². The van der Waals surface area contributed by atoms with E-state index in [1.807, 2.05) is 12.1 Å². The van der Waals surface area contributed by atoms with Crippen LogP contribution in [-0.2, 0) is 0 Å². The standard InChI is InChI=1S/C9H8N2O.ClH/c10-7-2-1-6-3-4-11-9(12)8(6)5-7;/h1-5H,10H2,(H,11,12);1H. The van der Waals surface area contributed by atoms with E-state index in [2.05, 4.69) is 4.98 Å². The molecule has 1 aromatic carbocycles. The summed E-state index contributed by atoms with van der Waals surface area (Å²) in [6.45, 7) is 0. The predicted molar refractivity (Wildman–Crippen MR) is 56.2 cm³/mol. The first-order valence-electron chi connectivity index (χ1n) is 3.64. The van der Waals surface area contributed by atoms with Crippen LogP contribution in [-0.4, -0.2) is 4.98 Å². The van der Waals surface area contributed by atoms with E-state index in [9.17, 15) is 4.79 Å². The Bertz CT molecular complexity index is 478. The van der Waals surface area contributed by atoms with Gasteiger partial charge in [-0.3, -0.25) is 4.79 Å². The number of hydrogen-bond acceptors (Lipinski definition) is 2. The molecule has 68 valence electrons. The number of rotatable bonds is 0. The van der Waals surface area contributed by atoms with Crippen molar-refractivity contribution in [3.05, 3.63) is 40.8 Å². The number of anilines is 1. The quantitative estimate of drug-likeness (QED) is 0.628. The second kappa shape index (κ2) is 3.49. The highest BCUT2D eigenvalue weighted by molar-refractivity contribution is 5.85. The summed E-state index contributed by atoms with van der Waals surface area (Å²) >= 11 is 0. The van der Waals surface area contributed by atoms with Crippen LogP contribution in [0, 0.1) is 0 Å². The number of H-pyrrole nitrogens is 1. The van der Waals surface area contributed by atoms with Gasteiger partial charge >= 0.3 is 0 Å². The molecule has 4 heteroatoms. The summed E-state index contributed by atoms with van der Waals surface area (Å²) in [5.41, 5.74) is 6.05. The van der Waals surface area contributed by atoms with Crippen LogP contribution < -0.4 is 11.3 Å². The number of pyridine rings is 1. The van der Waals surface area contributed by atoms with Crippen LogP contribution in [0.4, 0.5) is 5.69 Å². The van der Waals surface area contributed by atoms with E-state index < -0.39 is 0 Å². The molecule has 13 heavy (non-hydrogen) atoms. The third-order valence-corrected chi connectivity index (χ3v) is 1.80. The van der Waals surface area contributed by atoms with Gasteiger partial charge in [-0.05, 0) is 23.6 Å². The van der Waals surface area contributed by atoms with Crippen molar-refractivity contribution in [3.8, 4) is 0 Å². The number of aromatic nitrogens is 1. The monoisotopic (exact) mass is 196 g/mol. The summed E-state index contributed by atoms with van der Waals surface area (Å²) in [5.74, 6) is 0. The molecule has 0 unspecified atom stereocenters. The molecule has 3 nitrogen and oxygen atoms in total. The van der Waals surface area contributed by atoms with Gasteiger partial charge in [-0.1, -0.05) is 6.07 Å². The summed E-state index contributed by atoms with van der Waals surface area (Å²) in [5, 5.41) is 1.55. The van der Waals surface area contributed by atoms with Gasteiger partial charge < -0.3 is 10.7 Å². The molecule has 1 aromatic heterocycles. The minimum Gasteiger partial charge on any atom is -0.399 e. The smallest absolute Gasteiger partial charge is 0.255 e. The van der Waals surface area contributed by atoms with E-state index in [1.165, 1.54) is 0 Å².